The van der Waals surface area contributed by atoms with Crippen molar-refractivity contribution in [2.75, 3.05) is 12.9 Å². The molecule has 0 saturated carbocycles. The summed E-state index contributed by atoms with van der Waals surface area (Å²) in [6, 6.07) is 7.40. The van der Waals surface area contributed by atoms with Crippen LogP contribution in [0.25, 0.3) is 0 Å². The summed E-state index contributed by atoms with van der Waals surface area (Å²) in [5.74, 6) is -2.78. The van der Waals surface area contributed by atoms with Crippen LogP contribution in [-0.4, -0.2) is 30.5 Å². The lowest BCUT2D eigenvalue weighted by molar-refractivity contribution is 0.0835. The van der Waals surface area contributed by atoms with Crippen LogP contribution in [0, 0.1) is 18.6 Å². The molecule has 0 aliphatic rings. The first-order valence-corrected chi connectivity index (χ1v) is 16.6. The van der Waals surface area contributed by atoms with E-state index >= 15 is 0 Å². The molecule has 1 heterocycles. The molecule has 37 heavy (non-hydrogen) atoms. The molecule has 11 heteroatoms. The Bertz CT molecular complexity index is 1170. The predicted molar refractivity (Wildman–Crippen MR) is 137 cm³/mol. The molecule has 0 bridgehead atoms. The average molecular weight is 561 g/mol. The molecule has 202 valence electrons. The van der Waals surface area contributed by atoms with Crippen LogP contribution < -0.4 is 0 Å². The minimum atomic E-state index is -3.08. The number of alkyl halides is 4. The number of aromatic nitrogens is 2. The van der Waals surface area contributed by atoms with E-state index in [4.69, 9.17) is 9.72 Å². The van der Waals surface area contributed by atoms with Crippen molar-refractivity contribution in [3.05, 3.63) is 81.8 Å². The van der Waals surface area contributed by atoms with Gasteiger partial charge in [0.2, 0.25) is 0 Å². The Morgan fingerprint density at radius 1 is 0.919 bits per heavy atom. The molecule has 0 radical (unpaired) electrons. The minimum absolute atomic E-state index is 0.0987. The molecule has 0 amide bonds. The lowest BCUT2D eigenvalue weighted by Gasteiger charge is -2.22. The first-order chi connectivity index (χ1) is 17.3. The molecule has 0 aliphatic carbocycles. The summed E-state index contributed by atoms with van der Waals surface area (Å²) in [5.41, 5.74) is -0.461. The summed E-state index contributed by atoms with van der Waals surface area (Å²) in [4.78, 5) is 4.69. The van der Waals surface area contributed by atoms with Crippen LogP contribution in [0.15, 0.2) is 41.4 Å². The fourth-order valence-electron chi connectivity index (χ4n) is 3.95. The van der Waals surface area contributed by atoms with E-state index in [1.807, 2.05) is 13.2 Å². The Hall–Kier alpha value is -2.24. The van der Waals surface area contributed by atoms with Crippen LogP contribution in [-0.2, 0) is 11.5 Å². The number of halogens is 6. The van der Waals surface area contributed by atoms with Gasteiger partial charge in [-0.3, -0.25) is 0 Å². The van der Waals surface area contributed by atoms with Gasteiger partial charge in [-0.05, 0) is 54.6 Å². The topological polar surface area (TPSA) is 27.1 Å². The molecule has 0 saturated heterocycles. The molecule has 0 fully saturated rings. The minimum Gasteiger partial charge on any atom is -0.361 e. The quantitative estimate of drug-likeness (QED) is 0.102. The maximum atomic E-state index is 14.1. The van der Waals surface area contributed by atoms with E-state index in [1.54, 1.807) is 4.57 Å². The average Bonchev–Trinajstić information content (AvgIpc) is 3.12. The van der Waals surface area contributed by atoms with Gasteiger partial charge < -0.3 is 9.30 Å². The second-order valence-electron chi connectivity index (χ2n) is 9.94. The summed E-state index contributed by atoms with van der Waals surface area (Å²) in [5, 5.41) is 0.640. The number of imidazole rings is 1. The van der Waals surface area contributed by atoms with Gasteiger partial charge in [-0.25, -0.2) is 31.3 Å². The van der Waals surface area contributed by atoms with Crippen molar-refractivity contribution in [2.45, 2.75) is 63.1 Å². The number of hydrogen-bond acceptors (Lipinski definition) is 3. The van der Waals surface area contributed by atoms with Crippen LogP contribution >= 0.6 is 11.8 Å². The standard InChI is InChI=1S/C26H30F6N2OSSi/c1-15-26(36-2)33-25(34(15)14-35-10-11-37(3,4)5)22(16-6-8-20(27)18(12-16)23(29)30)17-7-9-21(28)19(13-17)24(31)32/h6-9,12-13,22-24H,10-11,14H2,1-5H3. The van der Waals surface area contributed by atoms with Gasteiger partial charge in [0, 0.05) is 14.7 Å². The number of thioether (sulfide) groups is 1. The van der Waals surface area contributed by atoms with Gasteiger partial charge in [-0.15, -0.1) is 11.8 Å². The summed E-state index contributed by atoms with van der Waals surface area (Å²) < 4.78 is 90.3. The first-order valence-electron chi connectivity index (χ1n) is 11.7. The van der Waals surface area contributed by atoms with E-state index in [0.29, 0.717) is 17.5 Å². The molecule has 2 aromatic carbocycles. The van der Waals surface area contributed by atoms with Crippen LogP contribution in [0.1, 0.15) is 52.5 Å². The monoisotopic (exact) mass is 560 g/mol. The van der Waals surface area contributed by atoms with Crippen molar-refractivity contribution in [1.82, 2.24) is 9.55 Å². The molecule has 0 atom stereocenters. The zero-order chi connectivity index (χ0) is 27.5. The Labute approximate surface area is 218 Å². The van der Waals surface area contributed by atoms with Crippen LogP contribution in [0.4, 0.5) is 26.3 Å². The molecule has 1 aromatic heterocycles. The number of benzene rings is 2. The van der Waals surface area contributed by atoms with Gasteiger partial charge in [0.25, 0.3) is 12.9 Å². The number of nitrogens with zero attached hydrogens (tertiary/aromatic N) is 2. The largest absolute Gasteiger partial charge is 0.361 e. The molecular weight excluding hydrogens is 530 g/mol. The van der Waals surface area contributed by atoms with Crippen molar-refractivity contribution in [2.24, 2.45) is 0 Å². The molecule has 0 spiro atoms. The predicted octanol–water partition coefficient (Wildman–Crippen LogP) is 8.56. The Morgan fingerprint density at radius 2 is 1.43 bits per heavy atom. The van der Waals surface area contributed by atoms with Crippen molar-refractivity contribution in [3.8, 4) is 0 Å². The third-order valence-corrected chi connectivity index (χ3v) is 8.53. The molecular formula is C26H30F6N2OSSi. The number of hydrogen-bond donors (Lipinski definition) is 0. The van der Waals surface area contributed by atoms with Gasteiger partial charge in [0.05, 0.1) is 22.7 Å². The highest BCUT2D eigenvalue weighted by Crippen LogP contribution is 2.38. The highest BCUT2D eigenvalue weighted by Gasteiger charge is 2.29. The molecule has 0 N–H and O–H groups in total. The van der Waals surface area contributed by atoms with E-state index in [-0.39, 0.29) is 17.9 Å². The van der Waals surface area contributed by atoms with Crippen molar-refractivity contribution >= 4 is 19.8 Å². The highest BCUT2D eigenvalue weighted by molar-refractivity contribution is 7.98. The summed E-state index contributed by atoms with van der Waals surface area (Å²) in [7, 11) is -1.36. The first kappa shape index (κ1) is 29.3. The zero-order valence-corrected chi connectivity index (χ0v) is 23.1. The Kier molecular flexibility index (Phi) is 9.57. The van der Waals surface area contributed by atoms with Gasteiger partial charge in [0.15, 0.2) is 0 Å². The third kappa shape index (κ3) is 7.00. The Balaban J connectivity index is 2.19. The van der Waals surface area contributed by atoms with Gasteiger partial charge >= 0.3 is 0 Å². The van der Waals surface area contributed by atoms with Crippen LogP contribution in [0.5, 0.6) is 0 Å². The van der Waals surface area contributed by atoms with E-state index in [9.17, 15) is 26.3 Å². The van der Waals surface area contributed by atoms with Crippen molar-refractivity contribution in [1.29, 1.82) is 0 Å². The maximum Gasteiger partial charge on any atom is 0.266 e. The lowest BCUT2D eigenvalue weighted by Crippen LogP contribution is -2.22. The third-order valence-electron chi connectivity index (χ3n) is 6.05. The summed E-state index contributed by atoms with van der Waals surface area (Å²) in [6.07, 6.45) is -4.35. The maximum absolute atomic E-state index is 14.1. The number of rotatable bonds is 11. The summed E-state index contributed by atoms with van der Waals surface area (Å²) >= 11 is 1.36. The second-order valence-corrected chi connectivity index (χ2v) is 16.4. The van der Waals surface area contributed by atoms with Crippen LogP contribution in [0.3, 0.4) is 0 Å². The highest BCUT2D eigenvalue weighted by atomic mass is 32.2. The van der Waals surface area contributed by atoms with Gasteiger partial charge in [-0.2, -0.15) is 0 Å². The molecule has 0 unspecified atom stereocenters. The molecule has 3 nitrogen and oxygen atoms in total. The SMILES string of the molecule is CSc1nc(C(c2ccc(F)c(C(F)F)c2)c2ccc(F)c(C(F)F)c2)n(COCC[Si](C)(C)C)c1C. The van der Waals surface area contributed by atoms with E-state index in [0.717, 1.165) is 36.0 Å². The second kappa shape index (κ2) is 12.1. The van der Waals surface area contributed by atoms with Gasteiger partial charge in [-0.1, -0.05) is 31.8 Å². The van der Waals surface area contributed by atoms with Gasteiger partial charge in [0.1, 0.15) is 29.2 Å². The molecule has 3 rings (SSSR count). The smallest absolute Gasteiger partial charge is 0.266 e. The summed E-state index contributed by atoms with van der Waals surface area (Å²) in [6.45, 7) is 9.08. The van der Waals surface area contributed by atoms with Crippen molar-refractivity contribution in [3.63, 3.8) is 0 Å². The van der Waals surface area contributed by atoms with E-state index in [1.165, 1.54) is 23.9 Å². The Morgan fingerprint density at radius 3 is 1.86 bits per heavy atom. The fraction of sp³-hybridized carbons (Fsp3) is 0.423. The van der Waals surface area contributed by atoms with E-state index < -0.39 is 49.6 Å². The molecule has 0 aliphatic heterocycles. The number of ether oxygens (including phenoxy) is 1. The fourth-order valence-corrected chi connectivity index (χ4v) is 5.30. The molecule has 3 aromatic rings. The zero-order valence-electron chi connectivity index (χ0n) is 21.3. The lowest BCUT2D eigenvalue weighted by atomic mass is 9.88. The van der Waals surface area contributed by atoms with Crippen molar-refractivity contribution < 1.29 is 31.1 Å². The van der Waals surface area contributed by atoms with E-state index in [2.05, 4.69) is 19.6 Å². The normalized spacial score (nSPS) is 12.4. The van der Waals surface area contributed by atoms with Crippen LogP contribution in [0.2, 0.25) is 25.7 Å².